The Morgan fingerprint density at radius 1 is 0.658 bits per heavy atom. The van der Waals surface area contributed by atoms with Crippen molar-refractivity contribution in [1.29, 1.82) is 0 Å². The third kappa shape index (κ3) is 5.61. The summed E-state index contributed by atoms with van der Waals surface area (Å²) < 4.78 is 8.08. The third-order valence-electron chi connectivity index (χ3n) is 5.64. The van der Waals surface area contributed by atoms with Gasteiger partial charge in [-0.1, -0.05) is 30.3 Å². The van der Waals surface area contributed by atoms with Crippen molar-refractivity contribution in [2.24, 2.45) is 42.3 Å². The number of aryl methyl sites for hydroxylation is 4. The average molecular weight is 532 g/mol. The molecule has 0 aliphatic heterocycles. The van der Waals surface area contributed by atoms with E-state index >= 15 is 0 Å². The molecule has 0 unspecified atom stereocenters. The molecule has 0 bridgehead atoms. The molecule has 0 saturated heterocycles. The number of carboxylic acid groups (broad SMARTS) is 1. The van der Waals surface area contributed by atoms with Crippen LogP contribution < -0.4 is 57.2 Å². The maximum atomic E-state index is 11.7. The van der Waals surface area contributed by atoms with Gasteiger partial charge in [0.1, 0.15) is 0 Å². The van der Waals surface area contributed by atoms with E-state index in [-0.39, 0.29) is 57.6 Å². The quantitative estimate of drug-likeness (QED) is 0.194. The van der Waals surface area contributed by atoms with Crippen molar-refractivity contribution >= 4 is 28.3 Å². The van der Waals surface area contributed by atoms with Crippen molar-refractivity contribution < 1.29 is 39.5 Å². The van der Waals surface area contributed by atoms with Gasteiger partial charge in [0.15, 0.2) is 22.3 Å². The van der Waals surface area contributed by atoms with Gasteiger partial charge in [0.2, 0.25) is 0 Å². The van der Waals surface area contributed by atoms with Crippen LogP contribution in [0.15, 0.2) is 62.2 Å². The Morgan fingerprint density at radius 3 is 1.34 bits per heavy atom. The van der Waals surface area contributed by atoms with E-state index < -0.39 is 5.97 Å². The van der Waals surface area contributed by atoms with Crippen molar-refractivity contribution in [3.63, 3.8) is 0 Å². The summed E-state index contributed by atoms with van der Waals surface area (Å²) in [6, 6.07) is 8.06. The third-order valence-corrected chi connectivity index (χ3v) is 5.64. The van der Waals surface area contributed by atoms with Gasteiger partial charge >= 0.3 is 40.9 Å². The number of fused-ring (bicyclic) bond motifs is 2. The number of aromatic carboxylic acids is 1. The first-order chi connectivity index (χ1) is 17.4. The number of rotatable bonds is 1. The standard InChI is InChI=1S/2C8H10N4O2.C7H6O2.Na/c2*1-10-4-9-6-5(10)7(13)12(3)8(14)11(6)2;8-7(9)6-4-2-1-3-5-6;/h2*4H,1-3H3;1-5H,(H,8,9);/q;;;+1/p-1. The number of benzene rings is 1. The normalized spacial score (nSPS) is 10.3. The molecule has 4 aromatic heterocycles. The number of carbonyl (C=O) groups is 1. The van der Waals surface area contributed by atoms with Gasteiger partial charge < -0.3 is 19.0 Å². The van der Waals surface area contributed by atoms with E-state index in [9.17, 15) is 29.1 Å². The molecule has 0 aliphatic rings. The van der Waals surface area contributed by atoms with Gasteiger partial charge in [0, 0.05) is 42.3 Å². The van der Waals surface area contributed by atoms with Crippen LogP contribution in [0.25, 0.3) is 22.3 Å². The maximum absolute atomic E-state index is 11.7. The molecule has 14 nitrogen and oxygen atoms in total. The van der Waals surface area contributed by atoms with Gasteiger partial charge in [-0.15, -0.1) is 0 Å². The van der Waals surface area contributed by atoms with Crippen LogP contribution in [0, 0.1) is 0 Å². The zero-order valence-corrected chi connectivity index (χ0v) is 24.1. The fourth-order valence-corrected chi connectivity index (χ4v) is 3.52. The molecule has 0 spiro atoms. The van der Waals surface area contributed by atoms with Crippen LogP contribution in [0.4, 0.5) is 0 Å². The molecular weight excluding hydrogens is 507 g/mol. The second kappa shape index (κ2) is 12.0. The molecular formula is C23H25N8NaO6. The molecule has 1 aromatic carbocycles. The smallest absolute Gasteiger partial charge is 0.545 e. The molecule has 0 atom stereocenters. The Hall–Kier alpha value is -4.01. The van der Waals surface area contributed by atoms with Crippen molar-refractivity contribution in [3.8, 4) is 0 Å². The summed E-state index contributed by atoms with van der Waals surface area (Å²) in [4.78, 5) is 64.4. The Bertz CT molecular complexity index is 1750. The summed E-state index contributed by atoms with van der Waals surface area (Å²) in [6.07, 6.45) is 3.04. The van der Waals surface area contributed by atoms with Crippen LogP contribution in [0.3, 0.4) is 0 Å². The van der Waals surface area contributed by atoms with E-state index in [1.165, 1.54) is 48.0 Å². The van der Waals surface area contributed by atoms with Crippen molar-refractivity contribution in [2.75, 3.05) is 0 Å². The summed E-state index contributed by atoms with van der Waals surface area (Å²) >= 11 is 0. The fourth-order valence-electron chi connectivity index (χ4n) is 3.52. The minimum absolute atomic E-state index is 0. The van der Waals surface area contributed by atoms with Gasteiger partial charge in [-0.3, -0.25) is 27.9 Å². The van der Waals surface area contributed by atoms with Crippen LogP contribution in [-0.4, -0.2) is 43.3 Å². The summed E-state index contributed by atoms with van der Waals surface area (Å²) in [7, 11) is 9.55. The molecule has 0 amide bonds. The first kappa shape index (κ1) is 30.2. The van der Waals surface area contributed by atoms with E-state index in [0.29, 0.717) is 22.3 Å². The molecule has 0 aliphatic carbocycles. The molecule has 4 heterocycles. The van der Waals surface area contributed by atoms with Gasteiger partial charge in [-0.05, 0) is 5.56 Å². The Balaban J connectivity index is 0.000000203. The molecule has 5 aromatic rings. The first-order valence-electron chi connectivity index (χ1n) is 10.8. The van der Waals surface area contributed by atoms with Crippen LogP contribution in [0.2, 0.25) is 0 Å². The Morgan fingerprint density at radius 2 is 1.03 bits per heavy atom. The number of carbonyl (C=O) groups excluding carboxylic acids is 1. The first-order valence-corrected chi connectivity index (χ1v) is 10.8. The summed E-state index contributed by atoms with van der Waals surface area (Å²) in [6.45, 7) is 0. The number of nitrogens with zero attached hydrogens (tertiary/aromatic N) is 8. The molecule has 5 rings (SSSR count). The van der Waals surface area contributed by atoms with E-state index in [1.54, 1.807) is 55.5 Å². The Kier molecular flexibility index (Phi) is 9.56. The Labute approximate surface area is 236 Å². The minimum Gasteiger partial charge on any atom is -0.545 e. The molecule has 0 fully saturated rings. The van der Waals surface area contributed by atoms with E-state index in [2.05, 4.69) is 9.97 Å². The van der Waals surface area contributed by atoms with Crippen molar-refractivity contribution in [2.45, 2.75) is 0 Å². The van der Waals surface area contributed by atoms with E-state index in [4.69, 9.17) is 0 Å². The largest absolute Gasteiger partial charge is 1.00 e. The SMILES string of the molecule is Cn1c(=O)c2c(ncn2C)n(C)c1=O.Cn1c(=O)c2c(ncn2C)n(C)c1=O.O=C([O-])c1ccccc1.[Na+]. The number of aromatic nitrogens is 8. The average Bonchev–Trinajstić information content (AvgIpc) is 3.47. The second-order valence-corrected chi connectivity index (χ2v) is 8.12. The van der Waals surface area contributed by atoms with Gasteiger partial charge in [0.05, 0.1) is 18.6 Å². The predicted molar refractivity (Wildman–Crippen MR) is 133 cm³/mol. The van der Waals surface area contributed by atoms with Gasteiger partial charge in [-0.25, -0.2) is 19.6 Å². The monoisotopic (exact) mass is 532 g/mol. The van der Waals surface area contributed by atoms with Crippen LogP contribution >= 0.6 is 0 Å². The van der Waals surface area contributed by atoms with Crippen molar-refractivity contribution in [3.05, 3.63) is 90.2 Å². The summed E-state index contributed by atoms with van der Waals surface area (Å²) in [5, 5.41) is 10.1. The van der Waals surface area contributed by atoms with Crippen LogP contribution in [-0.2, 0) is 42.3 Å². The number of imidazole rings is 2. The molecule has 0 N–H and O–H groups in total. The van der Waals surface area contributed by atoms with Gasteiger partial charge in [-0.2, -0.15) is 0 Å². The fraction of sp³-hybridized carbons (Fsp3) is 0.261. The van der Waals surface area contributed by atoms with Gasteiger partial charge in [0.25, 0.3) is 11.1 Å². The molecule has 15 heteroatoms. The molecule has 38 heavy (non-hydrogen) atoms. The predicted octanol–water partition coefficient (Wildman–Crippen LogP) is -5.00. The zero-order valence-electron chi connectivity index (χ0n) is 22.1. The molecule has 0 radical (unpaired) electrons. The number of hydrogen-bond donors (Lipinski definition) is 0. The maximum Gasteiger partial charge on any atom is 1.00 e. The van der Waals surface area contributed by atoms with E-state index in [1.807, 2.05) is 0 Å². The topological polar surface area (TPSA) is 164 Å². The number of carboxylic acids is 1. The summed E-state index contributed by atoms with van der Waals surface area (Å²) in [5.41, 5.74) is 0.580. The van der Waals surface area contributed by atoms with Crippen LogP contribution in [0.1, 0.15) is 10.4 Å². The second-order valence-electron chi connectivity index (χ2n) is 8.12. The zero-order chi connectivity index (χ0) is 27.6. The molecule has 194 valence electrons. The summed E-state index contributed by atoms with van der Waals surface area (Å²) in [5.74, 6) is -1.13. The number of hydrogen-bond acceptors (Lipinski definition) is 8. The van der Waals surface area contributed by atoms with E-state index in [0.717, 1.165) is 9.13 Å². The molecule has 0 saturated carbocycles. The van der Waals surface area contributed by atoms with Crippen LogP contribution in [0.5, 0.6) is 0 Å². The minimum atomic E-state index is -1.13. The van der Waals surface area contributed by atoms with Crippen molar-refractivity contribution in [1.82, 2.24) is 37.4 Å².